The van der Waals surface area contributed by atoms with Crippen molar-refractivity contribution >= 4 is 44.1 Å². The number of hydrogen-bond acceptors (Lipinski definition) is 0. The lowest BCUT2D eigenvalue weighted by atomic mass is 9.94. The summed E-state index contributed by atoms with van der Waals surface area (Å²) < 4.78 is 1.33. The second-order valence-electron chi connectivity index (χ2n) is 5.93. The van der Waals surface area contributed by atoms with E-state index >= 15 is 0 Å². The number of hydrogen-bond donors (Lipinski definition) is 0. The van der Waals surface area contributed by atoms with E-state index in [9.17, 15) is 0 Å². The van der Waals surface area contributed by atoms with Crippen LogP contribution in [0.1, 0.15) is 11.1 Å². The van der Waals surface area contributed by atoms with Gasteiger partial charge in [0.1, 0.15) is 0 Å². The molecule has 1 aliphatic rings. The summed E-state index contributed by atoms with van der Waals surface area (Å²) in [5.41, 5.74) is 5.63. The fraction of sp³-hybridized carbons (Fsp3) is 0.0476. The van der Waals surface area contributed by atoms with Gasteiger partial charge in [0.05, 0.1) is 0 Å². The molecule has 0 radical (unpaired) electrons. The van der Waals surface area contributed by atoms with Gasteiger partial charge in [0.25, 0.3) is 0 Å². The second-order valence-corrected chi connectivity index (χ2v) is 7.09. The third-order valence-electron chi connectivity index (χ3n) is 4.74. The van der Waals surface area contributed by atoms with Crippen molar-refractivity contribution in [3.8, 4) is 11.1 Å². The maximum Gasteiger partial charge on any atom is 0.0209 e. The van der Waals surface area contributed by atoms with Crippen LogP contribution in [0.2, 0.25) is 0 Å². The van der Waals surface area contributed by atoms with Gasteiger partial charge in [-0.15, -0.1) is 0 Å². The zero-order chi connectivity index (χ0) is 14.7. The Hall–Kier alpha value is -1.87. The van der Waals surface area contributed by atoms with Gasteiger partial charge < -0.3 is 0 Å². The molecule has 0 unspecified atom stereocenters. The predicted octanol–water partition coefficient (Wildman–Crippen LogP) is 6.17. The maximum absolute atomic E-state index is 2.45. The van der Waals surface area contributed by atoms with Gasteiger partial charge in [-0.25, -0.2) is 0 Å². The summed E-state index contributed by atoms with van der Waals surface area (Å²) in [7, 11) is 0. The fourth-order valence-electron chi connectivity index (χ4n) is 3.81. The summed E-state index contributed by atoms with van der Waals surface area (Å²) in [6.07, 6.45) is 1.01. The molecule has 0 bridgehead atoms. The van der Waals surface area contributed by atoms with Gasteiger partial charge in [-0.3, -0.25) is 0 Å². The van der Waals surface area contributed by atoms with Crippen LogP contribution in [0.5, 0.6) is 0 Å². The lowest BCUT2D eigenvalue weighted by Gasteiger charge is -2.11. The van der Waals surface area contributed by atoms with Crippen molar-refractivity contribution in [2.45, 2.75) is 6.42 Å². The Morgan fingerprint density at radius 2 is 1.32 bits per heavy atom. The second kappa shape index (κ2) is 4.56. The van der Waals surface area contributed by atoms with Gasteiger partial charge in [0, 0.05) is 3.57 Å². The molecule has 1 heteroatoms. The molecule has 4 aromatic rings. The van der Waals surface area contributed by atoms with Gasteiger partial charge >= 0.3 is 0 Å². The van der Waals surface area contributed by atoms with Crippen LogP contribution in [0.25, 0.3) is 32.7 Å². The van der Waals surface area contributed by atoms with E-state index in [-0.39, 0.29) is 0 Å². The smallest absolute Gasteiger partial charge is 0.0209 e. The molecule has 0 nitrogen and oxygen atoms in total. The van der Waals surface area contributed by atoms with Crippen LogP contribution in [-0.2, 0) is 6.42 Å². The third kappa shape index (κ3) is 1.63. The molecule has 0 fully saturated rings. The quantitative estimate of drug-likeness (QED) is 0.277. The van der Waals surface area contributed by atoms with Gasteiger partial charge in [0.15, 0.2) is 0 Å². The number of rotatable bonds is 0. The topological polar surface area (TPSA) is 0 Å². The Labute approximate surface area is 142 Å². The Kier molecular flexibility index (Phi) is 2.62. The van der Waals surface area contributed by atoms with Crippen LogP contribution < -0.4 is 0 Å². The van der Waals surface area contributed by atoms with E-state index in [2.05, 4.69) is 89.3 Å². The molecular weight excluding hydrogens is 379 g/mol. The lowest BCUT2D eigenvalue weighted by molar-refractivity contribution is 1.24. The zero-order valence-electron chi connectivity index (χ0n) is 11.9. The van der Waals surface area contributed by atoms with E-state index in [4.69, 9.17) is 0 Å². The van der Waals surface area contributed by atoms with E-state index in [0.29, 0.717) is 0 Å². The lowest BCUT2D eigenvalue weighted by Crippen LogP contribution is -1.90. The average molecular weight is 392 g/mol. The number of benzene rings is 4. The molecule has 0 N–H and O–H groups in total. The van der Waals surface area contributed by atoms with Gasteiger partial charge in [-0.2, -0.15) is 0 Å². The van der Waals surface area contributed by atoms with Gasteiger partial charge in [-0.1, -0.05) is 60.7 Å². The molecule has 1 aliphatic carbocycles. The van der Waals surface area contributed by atoms with E-state index in [1.165, 1.54) is 47.4 Å². The molecule has 0 saturated carbocycles. The third-order valence-corrected chi connectivity index (χ3v) is 5.68. The van der Waals surface area contributed by atoms with Crippen molar-refractivity contribution in [2.75, 3.05) is 0 Å². The Morgan fingerprint density at radius 3 is 2.18 bits per heavy atom. The molecule has 0 spiro atoms. The summed E-state index contributed by atoms with van der Waals surface area (Å²) in [6, 6.07) is 24.6. The summed E-state index contributed by atoms with van der Waals surface area (Å²) >= 11 is 2.45. The van der Waals surface area contributed by atoms with Crippen molar-refractivity contribution in [1.29, 1.82) is 0 Å². The summed E-state index contributed by atoms with van der Waals surface area (Å²) in [6.45, 7) is 0. The first-order valence-electron chi connectivity index (χ1n) is 7.54. The van der Waals surface area contributed by atoms with Gasteiger partial charge in [0.2, 0.25) is 0 Å². The minimum absolute atomic E-state index is 1.01. The van der Waals surface area contributed by atoms with Gasteiger partial charge in [-0.05, 0) is 78.9 Å². The summed E-state index contributed by atoms with van der Waals surface area (Å²) in [5, 5.41) is 5.57. The molecule has 22 heavy (non-hydrogen) atoms. The highest BCUT2D eigenvalue weighted by Gasteiger charge is 2.18. The zero-order valence-corrected chi connectivity index (χ0v) is 14.1. The molecule has 0 amide bonds. The van der Waals surface area contributed by atoms with E-state index in [1.807, 2.05) is 0 Å². The molecule has 0 heterocycles. The predicted molar refractivity (Wildman–Crippen MR) is 102 cm³/mol. The van der Waals surface area contributed by atoms with Crippen LogP contribution in [0, 0.1) is 3.57 Å². The first kappa shape index (κ1) is 12.7. The highest BCUT2D eigenvalue weighted by atomic mass is 127. The molecule has 0 saturated heterocycles. The average Bonchev–Trinajstić information content (AvgIpc) is 2.70. The molecule has 4 aromatic carbocycles. The van der Waals surface area contributed by atoms with Crippen LogP contribution in [0.15, 0.2) is 66.7 Å². The Balaban J connectivity index is 2.07. The van der Waals surface area contributed by atoms with Crippen molar-refractivity contribution in [3.63, 3.8) is 0 Å². The van der Waals surface area contributed by atoms with Crippen molar-refractivity contribution < 1.29 is 0 Å². The largest absolute Gasteiger partial charge is 0.0613 e. The monoisotopic (exact) mass is 392 g/mol. The van der Waals surface area contributed by atoms with E-state index in [1.54, 1.807) is 0 Å². The molecular formula is C21H13I. The van der Waals surface area contributed by atoms with Crippen LogP contribution >= 0.6 is 22.6 Å². The molecule has 104 valence electrons. The first-order valence-corrected chi connectivity index (χ1v) is 8.62. The number of fused-ring (bicyclic) bond motifs is 1. The minimum atomic E-state index is 1.01. The highest BCUT2D eigenvalue weighted by molar-refractivity contribution is 14.1. The van der Waals surface area contributed by atoms with Crippen molar-refractivity contribution in [2.24, 2.45) is 0 Å². The molecule has 0 aromatic heterocycles. The summed E-state index contributed by atoms with van der Waals surface area (Å²) in [5.74, 6) is 0. The minimum Gasteiger partial charge on any atom is -0.0613 e. The Bertz CT molecular complexity index is 1050. The molecule has 5 rings (SSSR count). The van der Waals surface area contributed by atoms with Crippen LogP contribution in [-0.4, -0.2) is 0 Å². The first-order chi connectivity index (χ1) is 10.8. The van der Waals surface area contributed by atoms with Crippen molar-refractivity contribution in [1.82, 2.24) is 0 Å². The summed E-state index contributed by atoms with van der Waals surface area (Å²) in [4.78, 5) is 0. The number of halogens is 1. The highest BCUT2D eigenvalue weighted by Crippen LogP contribution is 2.41. The van der Waals surface area contributed by atoms with E-state index < -0.39 is 0 Å². The standard InChI is InChI=1S/C21H13I/c22-19-11-10-15-12-14-6-1-4-13-5-2-7-16(20(13)14)17-8-3-9-18(19)21(15)17/h1-11H,12H2. The van der Waals surface area contributed by atoms with Crippen molar-refractivity contribution in [3.05, 3.63) is 81.4 Å². The van der Waals surface area contributed by atoms with Crippen LogP contribution in [0.3, 0.4) is 0 Å². The van der Waals surface area contributed by atoms with Crippen LogP contribution in [0.4, 0.5) is 0 Å². The molecule has 0 atom stereocenters. The fourth-order valence-corrected chi connectivity index (χ4v) is 4.44. The normalized spacial score (nSPS) is 12.6. The Morgan fingerprint density at radius 1 is 0.636 bits per heavy atom. The molecule has 0 aliphatic heterocycles. The van der Waals surface area contributed by atoms with E-state index in [0.717, 1.165) is 6.42 Å². The SMILES string of the molecule is Ic1ccc2c3c(cccc13)-c1cccc3cccc(c13)C2. The maximum atomic E-state index is 2.45.